The van der Waals surface area contributed by atoms with E-state index in [1.54, 1.807) is 0 Å². The number of carbonyl (C=O) groups is 1. The third kappa shape index (κ3) is 2.48. The van der Waals surface area contributed by atoms with Gasteiger partial charge in [-0.3, -0.25) is 10.1 Å². The van der Waals surface area contributed by atoms with Gasteiger partial charge in [0.2, 0.25) is 5.95 Å². The van der Waals surface area contributed by atoms with Crippen molar-refractivity contribution in [3.63, 3.8) is 0 Å². The quantitative estimate of drug-likeness (QED) is 0.771. The van der Waals surface area contributed by atoms with E-state index in [4.69, 9.17) is 9.47 Å². The number of ether oxygens (including phenoxy) is 2. The van der Waals surface area contributed by atoms with Crippen LogP contribution in [-0.2, 0) is 9.53 Å². The maximum atomic E-state index is 11.6. The lowest BCUT2D eigenvalue weighted by atomic mass is 10.2. The fourth-order valence-electron chi connectivity index (χ4n) is 1.48. The zero-order chi connectivity index (χ0) is 11.4. The van der Waals surface area contributed by atoms with Crippen molar-refractivity contribution in [3.05, 3.63) is 0 Å². The zero-order valence-corrected chi connectivity index (χ0v) is 9.02. The summed E-state index contributed by atoms with van der Waals surface area (Å²) < 4.78 is 10.3. The van der Waals surface area contributed by atoms with E-state index in [1.165, 1.54) is 0 Å². The van der Waals surface area contributed by atoms with Gasteiger partial charge in [-0.15, -0.1) is 5.10 Å². The predicted octanol–water partition coefficient (Wildman–Crippen LogP) is 0.321. The third-order valence-corrected chi connectivity index (χ3v) is 2.20. The number of aromatic amines is 1. The van der Waals surface area contributed by atoms with Crippen molar-refractivity contribution < 1.29 is 14.3 Å². The molecular weight excluding hydrogens is 212 g/mol. The summed E-state index contributed by atoms with van der Waals surface area (Å²) in [6.07, 6.45) is 1.29. The van der Waals surface area contributed by atoms with Crippen molar-refractivity contribution in [3.8, 4) is 6.01 Å². The van der Waals surface area contributed by atoms with Gasteiger partial charge in [-0.1, -0.05) is 0 Å². The Morgan fingerprint density at radius 2 is 2.62 bits per heavy atom. The maximum absolute atomic E-state index is 11.6. The molecule has 1 fully saturated rings. The molecular formula is C9H14N4O3. The van der Waals surface area contributed by atoms with E-state index in [2.05, 4.69) is 20.5 Å². The van der Waals surface area contributed by atoms with E-state index in [-0.39, 0.29) is 24.0 Å². The number of nitrogens with zero attached hydrogens (tertiary/aromatic N) is 2. The fourth-order valence-corrected chi connectivity index (χ4v) is 1.48. The molecule has 1 aromatic heterocycles. The van der Waals surface area contributed by atoms with Crippen LogP contribution in [0.25, 0.3) is 0 Å². The van der Waals surface area contributed by atoms with Gasteiger partial charge in [0.1, 0.15) is 6.10 Å². The van der Waals surface area contributed by atoms with Gasteiger partial charge in [0, 0.05) is 6.61 Å². The lowest BCUT2D eigenvalue weighted by molar-refractivity contribution is -0.124. The number of rotatable bonds is 4. The van der Waals surface area contributed by atoms with E-state index in [0.29, 0.717) is 13.2 Å². The van der Waals surface area contributed by atoms with Crippen LogP contribution >= 0.6 is 0 Å². The average Bonchev–Trinajstić information content (AvgIpc) is 2.89. The van der Waals surface area contributed by atoms with E-state index in [1.807, 2.05) is 6.92 Å². The smallest absolute Gasteiger partial charge is 0.337 e. The number of anilines is 1. The van der Waals surface area contributed by atoms with Crippen molar-refractivity contribution >= 4 is 11.9 Å². The Bertz CT molecular complexity index is 359. The molecule has 0 unspecified atom stereocenters. The number of amides is 1. The molecule has 0 radical (unpaired) electrons. The van der Waals surface area contributed by atoms with Gasteiger partial charge in [0.15, 0.2) is 0 Å². The minimum absolute atomic E-state index is 0.198. The molecule has 1 amide bonds. The van der Waals surface area contributed by atoms with Crippen LogP contribution in [0.2, 0.25) is 0 Å². The normalized spacial score (nSPS) is 19.7. The second kappa shape index (κ2) is 4.93. The first-order chi connectivity index (χ1) is 7.79. The minimum atomic E-state index is -0.374. The summed E-state index contributed by atoms with van der Waals surface area (Å²) in [6.45, 7) is 2.96. The second-order valence-electron chi connectivity index (χ2n) is 3.39. The largest absolute Gasteiger partial charge is 0.463 e. The molecule has 1 atom stereocenters. The van der Waals surface area contributed by atoms with E-state index >= 15 is 0 Å². The van der Waals surface area contributed by atoms with Crippen molar-refractivity contribution in [2.75, 3.05) is 18.5 Å². The van der Waals surface area contributed by atoms with Gasteiger partial charge in [-0.25, -0.2) is 5.10 Å². The third-order valence-electron chi connectivity index (χ3n) is 2.20. The molecule has 2 heterocycles. The molecule has 0 aromatic carbocycles. The van der Waals surface area contributed by atoms with Gasteiger partial charge >= 0.3 is 6.01 Å². The van der Waals surface area contributed by atoms with E-state index in [9.17, 15) is 4.79 Å². The molecule has 0 aliphatic carbocycles. The van der Waals surface area contributed by atoms with Crippen LogP contribution in [0, 0.1) is 0 Å². The molecule has 1 aromatic rings. The summed E-state index contributed by atoms with van der Waals surface area (Å²) in [5.74, 6) is 0.0839. The van der Waals surface area contributed by atoms with Crippen LogP contribution in [0.5, 0.6) is 6.01 Å². The summed E-state index contributed by atoms with van der Waals surface area (Å²) in [5.41, 5.74) is 0. The van der Waals surface area contributed by atoms with Gasteiger partial charge < -0.3 is 9.47 Å². The van der Waals surface area contributed by atoms with Gasteiger partial charge in [0.25, 0.3) is 5.91 Å². The molecule has 0 saturated carbocycles. The average molecular weight is 226 g/mol. The Morgan fingerprint density at radius 1 is 1.75 bits per heavy atom. The van der Waals surface area contributed by atoms with Crippen molar-refractivity contribution in [1.82, 2.24) is 15.2 Å². The second-order valence-corrected chi connectivity index (χ2v) is 3.39. The summed E-state index contributed by atoms with van der Waals surface area (Å²) in [7, 11) is 0. The van der Waals surface area contributed by atoms with Crippen LogP contribution < -0.4 is 10.1 Å². The zero-order valence-electron chi connectivity index (χ0n) is 9.02. The molecule has 0 spiro atoms. The minimum Gasteiger partial charge on any atom is -0.463 e. The number of hydrogen-bond acceptors (Lipinski definition) is 5. The standard InChI is InChI=1S/C9H14N4O3/c1-2-15-9-11-8(12-13-9)10-7(14)6-4-3-5-16-6/h6H,2-5H2,1H3,(H2,10,11,12,13,14)/t6-/m1/s1. The van der Waals surface area contributed by atoms with Crippen molar-refractivity contribution in [2.24, 2.45) is 0 Å². The van der Waals surface area contributed by atoms with Crippen LogP contribution in [0.3, 0.4) is 0 Å². The number of hydrogen-bond donors (Lipinski definition) is 2. The van der Waals surface area contributed by atoms with Crippen LogP contribution in [0.1, 0.15) is 19.8 Å². The van der Waals surface area contributed by atoms with E-state index in [0.717, 1.165) is 12.8 Å². The Morgan fingerprint density at radius 3 is 3.31 bits per heavy atom. The molecule has 2 N–H and O–H groups in total. The van der Waals surface area contributed by atoms with Crippen LogP contribution in [-0.4, -0.2) is 40.4 Å². The monoisotopic (exact) mass is 226 g/mol. The Balaban J connectivity index is 1.89. The molecule has 16 heavy (non-hydrogen) atoms. The molecule has 1 aliphatic heterocycles. The Kier molecular flexibility index (Phi) is 3.35. The molecule has 2 rings (SSSR count). The van der Waals surface area contributed by atoms with E-state index < -0.39 is 0 Å². The molecule has 1 saturated heterocycles. The summed E-state index contributed by atoms with van der Waals surface area (Å²) in [5, 5.41) is 8.93. The fraction of sp³-hybridized carbons (Fsp3) is 0.667. The van der Waals surface area contributed by atoms with Crippen LogP contribution in [0.4, 0.5) is 5.95 Å². The molecule has 1 aliphatic rings. The summed E-state index contributed by atoms with van der Waals surface area (Å²) in [6, 6.07) is 0.227. The van der Waals surface area contributed by atoms with Crippen molar-refractivity contribution in [2.45, 2.75) is 25.9 Å². The first-order valence-electron chi connectivity index (χ1n) is 5.27. The number of carbonyl (C=O) groups excluding carboxylic acids is 1. The lowest BCUT2D eigenvalue weighted by Gasteiger charge is -2.07. The first-order valence-corrected chi connectivity index (χ1v) is 5.27. The maximum Gasteiger partial charge on any atom is 0.337 e. The highest BCUT2D eigenvalue weighted by Crippen LogP contribution is 2.14. The van der Waals surface area contributed by atoms with Gasteiger partial charge in [-0.05, 0) is 19.8 Å². The van der Waals surface area contributed by atoms with Gasteiger partial charge in [0.05, 0.1) is 6.61 Å². The summed E-state index contributed by atoms with van der Waals surface area (Å²) >= 11 is 0. The highest BCUT2D eigenvalue weighted by atomic mass is 16.5. The first kappa shape index (κ1) is 10.9. The molecule has 7 nitrogen and oxygen atoms in total. The topological polar surface area (TPSA) is 89.1 Å². The van der Waals surface area contributed by atoms with Crippen molar-refractivity contribution in [1.29, 1.82) is 0 Å². The highest BCUT2D eigenvalue weighted by Gasteiger charge is 2.24. The lowest BCUT2D eigenvalue weighted by Crippen LogP contribution is -2.27. The SMILES string of the molecule is CCOc1n[nH]c(NC(=O)[C@H]2CCCO2)n1. The molecule has 88 valence electrons. The summed E-state index contributed by atoms with van der Waals surface area (Å²) in [4.78, 5) is 15.6. The molecule has 0 bridgehead atoms. The number of H-pyrrole nitrogens is 1. The Hall–Kier alpha value is -1.63. The molecule has 7 heteroatoms. The Labute approximate surface area is 92.5 Å². The van der Waals surface area contributed by atoms with Crippen LogP contribution in [0.15, 0.2) is 0 Å². The predicted molar refractivity (Wildman–Crippen MR) is 55.2 cm³/mol. The highest BCUT2D eigenvalue weighted by molar-refractivity contribution is 5.92. The number of nitrogens with one attached hydrogen (secondary N) is 2. The number of aromatic nitrogens is 3. The van der Waals surface area contributed by atoms with Gasteiger partial charge in [-0.2, -0.15) is 4.98 Å².